The van der Waals surface area contributed by atoms with Crippen molar-refractivity contribution in [2.24, 2.45) is 0 Å². The van der Waals surface area contributed by atoms with Crippen molar-refractivity contribution in [3.05, 3.63) is 28.4 Å². The Hall–Kier alpha value is -2.11. The van der Waals surface area contributed by atoms with E-state index in [1.807, 2.05) is 6.07 Å². The highest BCUT2D eigenvalue weighted by Crippen LogP contribution is 2.39. The zero-order chi connectivity index (χ0) is 10.7. The van der Waals surface area contributed by atoms with Gasteiger partial charge in [0.15, 0.2) is 11.3 Å². The first kappa shape index (κ1) is 8.09. The number of imidazole rings is 1. The number of aromatic amines is 2. The lowest BCUT2D eigenvalue weighted by Crippen LogP contribution is -2.00. The molecule has 0 saturated heterocycles. The van der Waals surface area contributed by atoms with Crippen LogP contribution in [0.2, 0.25) is 0 Å². The van der Waals surface area contributed by atoms with E-state index in [1.54, 1.807) is 10.7 Å². The number of nitrogens with one attached hydrogen (secondary N) is 2. The molecule has 6 nitrogen and oxygen atoms in total. The summed E-state index contributed by atoms with van der Waals surface area (Å²) in [5, 5.41) is 4.48. The Kier molecular flexibility index (Phi) is 1.27. The summed E-state index contributed by atoms with van der Waals surface area (Å²) in [4.78, 5) is 20.9. The van der Waals surface area contributed by atoms with Crippen molar-refractivity contribution in [2.75, 3.05) is 0 Å². The van der Waals surface area contributed by atoms with Gasteiger partial charge < -0.3 is 4.98 Å². The Balaban J connectivity index is 2.14. The highest BCUT2D eigenvalue weighted by atomic mass is 16.1. The molecule has 3 aromatic heterocycles. The van der Waals surface area contributed by atoms with E-state index in [4.69, 9.17) is 0 Å². The van der Waals surface area contributed by atoms with Gasteiger partial charge in [0.1, 0.15) is 5.52 Å². The number of hydrogen-bond acceptors (Lipinski definition) is 3. The minimum absolute atomic E-state index is 0.229. The summed E-state index contributed by atoms with van der Waals surface area (Å²) in [5.41, 5.74) is 2.99. The summed E-state index contributed by atoms with van der Waals surface area (Å²) in [5.74, 6) is 0.586. The van der Waals surface area contributed by atoms with Crippen LogP contribution in [0.15, 0.2) is 17.1 Å². The van der Waals surface area contributed by atoms with Crippen LogP contribution in [-0.2, 0) is 0 Å². The van der Waals surface area contributed by atoms with Crippen molar-refractivity contribution in [1.82, 2.24) is 24.6 Å². The van der Waals surface area contributed by atoms with Crippen LogP contribution in [0.4, 0.5) is 0 Å². The van der Waals surface area contributed by atoms with E-state index >= 15 is 0 Å². The summed E-state index contributed by atoms with van der Waals surface area (Å²) >= 11 is 0. The summed E-state index contributed by atoms with van der Waals surface area (Å²) in [7, 11) is 0. The molecule has 1 aliphatic carbocycles. The Bertz CT molecular complexity index is 745. The fourth-order valence-corrected chi connectivity index (χ4v) is 2.00. The maximum absolute atomic E-state index is 11.2. The quantitative estimate of drug-likeness (QED) is 0.629. The van der Waals surface area contributed by atoms with Crippen LogP contribution in [0, 0.1) is 0 Å². The molecule has 0 spiro atoms. The van der Waals surface area contributed by atoms with Gasteiger partial charge >= 0.3 is 5.69 Å². The second-order valence-corrected chi connectivity index (χ2v) is 4.21. The molecule has 0 radical (unpaired) electrons. The van der Waals surface area contributed by atoms with Gasteiger partial charge in [-0.1, -0.05) is 0 Å². The molecular formula is C10H9N5O. The highest BCUT2D eigenvalue weighted by Gasteiger charge is 2.26. The molecule has 0 amide bonds. The number of H-pyrrole nitrogens is 2. The fourth-order valence-electron chi connectivity index (χ4n) is 2.00. The van der Waals surface area contributed by atoms with E-state index in [0.717, 1.165) is 11.3 Å². The van der Waals surface area contributed by atoms with E-state index in [2.05, 4.69) is 20.1 Å². The molecule has 80 valence electrons. The third kappa shape index (κ3) is 0.982. The molecule has 6 heteroatoms. The van der Waals surface area contributed by atoms with Gasteiger partial charge in [-0.05, 0) is 12.8 Å². The zero-order valence-electron chi connectivity index (χ0n) is 8.40. The lowest BCUT2D eigenvalue weighted by atomic mass is 10.3. The van der Waals surface area contributed by atoms with Crippen LogP contribution < -0.4 is 5.69 Å². The van der Waals surface area contributed by atoms with E-state index in [-0.39, 0.29) is 5.69 Å². The molecule has 3 heterocycles. The van der Waals surface area contributed by atoms with Crippen LogP contribution in [0.25, 0.3) is 16.8 Å². The molecule has 2 N–H and O–H groups in total. The molecule has 4 rings (SSSR count). The number of aromatic nitrogens is 5. The monoisotopic (exact) mass is 215 g/mol. The van der Waals surface area contributed by atoms with Crippen LogP contribution >= 0.6 is 0 Å². The van der Waals surface area contributed by atoms with Crippen molar-refractivity contribution in [3.63, 3.8) is 0 Å². The van der Waals surface area contributed by atoms with Gasteiger partial charge in [0.2, 0.25) is 0 Å². The van der Waals surface area contributed by atoms with E-state index in [1.165, 1.54) is 12.8 Å². The normalized spacial score (nSPS) is 16.2. The molecule has 1 fully saturated rings. The maximum Gasteiger partial charge on any atom is 0.325 e. The first-order valence-electron chi connectivity index (χ1n) is 5.28. The van der Waals surface area contributed by atoms with Gasteiger partial charge in [-0.25, -0.2) is 9.78 Å². The van der Waals surface area contributed by atoms with Gasteiger partial charge in [0.05, 0.1) is 11.9 Å². The largest absolute Gasteiger partial charge is 0.325 e. The Morgan fingerprint density at radius 3 is 3.06 bits per heavy atom. The molecule has 1 saturated carbocycles. The second kappa shape index (κ2) is 2.52. The zero-order valence-corrected chi connectivity index (χ0v) is 8.40. The minimum atomic E-state index is -0.229. The minimum Gasteiger partial charge on any atom is -0.303 e. The number of nitrogens with zero attached hydrogens (tertiary/aromatic N) is 3. The van der Waals surface area contributed by atoms with Gasteiger partial charge in [-0.15, -0.1) is 0 Å². The summed E-state index contributed by atoms with van der Waals surface area (Å²) in [6.45, 7) is 0. The molecule has 0 unspecified atom stereocenters. The molecule has 1 aliphatic rings. The van der Waals surface area contributed by atoms with Crippen LogP contribution in [0.5, 0.6) is 0 Å². The smallest absolute Gasteiger partial charge is 0.303 e. The molecule has 0 aromatic carbocycles. The van der Waals surface area contributed by atoms with Crippen molar-refractivity contribution in [1.29, 1.82) is 0 Å². The van der Waals surface area contributed by atoms with Crippen molar-refractivity contribution < 1.29 is 0 Å². The van der Waals surface area contributed by atoms with Crippen LogP contribution in [0.1, 0.15) is 24.5 Å². The molecular weight excluding hydrogens is 206 g/mol. The molecule has 16 heavy (non-hydrogen) atoms. The Morgan fingerprint density at radius 1 is 1.38 bits per heavy atom. The Morgan fingerprint density at radius 2 is 2.25 bits per heavy atom. The summed E-state index contributed by atoms with van der Waals surface area (Å²) < 4.78 is 1.70. The molecule has 0 atom stereocenters. The van der Waals surface area contributed by atoms with Gasteiger partial charge in [0.25, 0.3) is 0 Å². The standard InChI is InChI=1S/C10H9N5O/c16-10-12-7-4-11-8-3-6(5-1-2-5)14-15(8)9(7)13-10/h3-5H,1-2H2,(H2,12,13,16). The number of hydrogen-bond donors (Lipinski definition) is 2. The first-order valence-corrected chi connectivity index (χ1v) is 5.28. The molecule has 3 aromatic rings. The number of rotatable bonds is 1. The third-order valence-electron chi connectivity index (χ3n) is 2.98. The number of fused-ring (bicyclic) bond motifs is 3. The third-order valence-corrected chi connectivity index (χ3v) is 2.98. The predicted molar refractivity (Wildman–Crippen MR) is 57.4 cm³/mol. The molecule has 0 bridgehead atoms. The van der Waals surface area contributed by atoms with Gasteiger partial charge in [-0.3, -0.25) is 4.98 Å². The van der Waals surface area contributed by atoms with Crippen molar-refractivity contribution in [3.8, 4) is 0 Å². The van der Waals surface area contributed by atoms with Crippen molar-refractivity contribution >= 4 is 16.8 Å². The average molecular weight is 215 g/mol. The lowest BCUT2D eigenvalue weighted by Gasteiger charge is -1.92. The maximum atomic E-state index is 11.2. The highest BCUT2D eigenvalue weighted by molar-refractivity contribution is 5.72. The van der Waals surface area contributed by atoms with Crippen LogP contribution in [0.3, 0.4) is 0 Å². The van der Waals surface area contributed by atoms with E-state index in [0.29, 0.717) is 17.1 Å². The van der Waals surface area contributed by atoms with Crippen LogP contribution in [-0.4, -0.2) is 24.6 Å². The lowest BCUT2D eigenvalue weighted by molar-refractivity contribution is 0.900. The summed E-state index contributed by atoms with van der Waals surface area (Å²) in [6.07, 6.45) is 4.06. The van der Waals surface area contributed by atoms with Gasteiger partial charge in [0, 0.05) is 12.0 Å². The van der Waals surface area contributed by atoms with E-state index in [9.17, 15) is 4.79 Å². The second-order valence-electron chi connectivity index (χ2n) is 4.21. The SMILES string of the molecule is O=c1[nH]c2cnc3cc(C4CC4)nn3c2[nH]1. The predicted octanol–water partition coefficient (Wildman–Crippen LogP) is 0.776. The molecule has 0 aliphatic heterocycles. The topological polar surface area (TPSA) is 78.8 Å². The Labute approximate surface area is 89.3 Å². The van der Waals surface area contributed by atoms with Gasteiger partial charge in [-0.2, -0.15) is 9.61 Å². The average Bonchev–Trinajstić information content (AvgIpc) is 2.89. The summed E-state index contributed by atoms with van der Waals surface area (Å²) in [6, 6.07) is 1.99. The first-order chi connectivity index (χ1) is 7.81. The van der Waals surface area contributed by atoms with E-state index < -0.39 is 0 Å². The fraction of sp³-hybridized carbons (Fsp3) is 0.300. The van der Waals surface area contributed by atoms with Crippen molar-refractivity contribution in [2.45, 2.75) is 18.8 Å².